The lowest BCUT2D eigenvalue weighted by Crippen LogP contribution is -2.22. The van der Waals surface area contributed by atoms with E-state index in [0.29, 0.717) is 6.54 Å². The molecule has 0 aliphatic heterocycles. The van der Waals surface area contributed by atoms with Gasteiger partial charge in [0.1, 0.15) is 5.82 Å². The lowest BCUT2D eigenvalue weighted by atomic mass is 10.3. The van der Waals surface area contributed by atoms with Crippen molar-refractivity contribution >= 4 is 0 Å². The summed E-state index contributed by atoms with van der Waals surface area (Å²) in [6.45, 7) is 4.75. The van der Waals surface area contributed by atoms with Crippen molar-refractivity contribution in [1.29, 1.82) is 0 Å². The molecule has 0 unspecified atom stereocenters. The minimum Gasteiger partial charge on any atom is -0.279 e. The van der Waals surface area contributed by atoms with Crippen LogP contribution in [-0.2, 0) is 20.0 Å². The Balaban J connectivity index is 3.11. The fourth-order valence-corrected chi connectivity index (χ4v) is 1.28. The van der Waals surface area contributed by atoms with E-state index in [1.54, 1.807) is 11.6 Å². The Kier molecular flexibility index (Phi) is 2.68. The summed E-state index contributed by atoms with van der Waals surface area (Å²) in [4.78, 5) is 11.4. The molecule has 0 aliphatic carbocycles. The van der Waals surface area contributed by atoms with Gasteiger partial charge in [-0.2, -0.15) is 5.10 Å². The van der Waals surface area contributed by atoms with Gasteiger partial charge >= 0.3 is 5.69 Å². The first-order valence-corrected chi connectivity index (χ1v) is 4.33. The largest absolute Gasteiger partial charge is 0.345 e. The van der Waals surface area contributed by atoms with Crippen LogP contribution in [-0.4, -0.2) is 14.3 Å². The zero-order chi connectivity index (χ0) is 9.14. The number of rotatable bonds is 3. The van der Waals surface area contributed by atoms with Gasteiger partial charge in [-0.25, -0.2) is 9.48 Å². The van der Waals surface area contributed by atoms with Gasteiger partial charge < -0.3 is 0 Å². The number of hydrogen-bond donors (Lipinski definition) is 0. The van der Waals surface area contributed by atoms with Crippen molar-refractivity contribution < 1.29 is 0 Å². The van der Waals surface area contributed by atoms with Crippen molar-refractivity contribution in [3.05, 3.63) is 16.3 Å². The van der Waals surface area contributed by atoms with Gasteiger partial charge in [0.15, 0.2) is 0 Å². The predicted molar refractivity (Wildman–Crippen MR) is 47.1 cm³/mol. The highest BCUT2D eigenvalue weighted by molar-refractivity contribution is 4.86. The maximum atomic E-state index is 11.4. The van der Waals surface area contributed by atoms with Gasteiger partial charge in [-0.3, -0.25) is 4.57 Å². The molecule has 12 heavy (non-hydrogen) atoms. The summed E-state index contributed by atoms with van der Waals surface area (Å²) in [6, 6.07) is 0. The Bertz CT molecular complexity index is 311. The van der Waals surface area contributed by atoms with Crippen LogP contribution < -0.4 is 5.69 Å². The van der Waals surface area contributed by atoms with Crippen molar-refractivity contribution in [1.82, 2.24) is 14.3 Å². The topological polar surface area (TPSA) is 39.8 Å². The number of hydrogen-bond acceptors (Lipinski definition) is 2. The second-order valence-corrected chi connectivity index (χ2v) is 2.82. The Hall–Kier alpha value is -1.06. The normalized spacial score (nSPS) is 10.6. The molecule has 1 aromatic rings. The van der Waals surface area contributed by atoms with E-state index < -0.39 is 0 Å². The second kappa shape index (κ2) is 3.56. The first-order chi connectivity index (χ1) is 5.70. The quantitative estimate of drug-likeness (QED) is 0.663. The predicted octanol–water partition coefficient (Wildman–Crippen LogP) is 0.554. The highest BCUT2D eigenvalue weighted by Gasteiger charge is 2.07. The van der Waals surface area contributed by atoms with Crippen LogP contribution in [0.4, 0.5) is 0 Å². The molecule has 0 saturated heterocycles. The second-order valence-electron chi connectivity index (χ2n) is 2.82. The van der Waals surface area contributed by atoms with Crippen molar-refractivity contribution in [2.45, 2.75) is 33.2 Å². The molecule has 0 N–H and O–H groups in total. The van der Waals surface area contributed by atoms with Gasteiger partial charge in [-0.05, 0) is 13.3 Å². The maximum absolute atomic E-state index is 11.4. The van der Waals surface area contributed by atoms with E-state index in [0.717, 1.165) is 18.7 Å². The zero-order valence-corrected chi connectivity index (χ0v) is 7.87. The fourth-order valence-electron chi connectivity index (χ4n) is 1.28. The van der Waals surface area contributed by atoms with Crippen LogP contribution in [0.25, 0.3) is 0 Å². The Morgan fingerprint density at radius 1 is 1.42 bits per heavy atom. The molecule has 0 amide bonds. The highest BCUT2D eigenvalue weighted by atomic mass is 16.2. The third kappa shape index (κ3) is 1.42. The smallest absolute Gasteiger partial charge is 0.279 e. The Morgan fingerprint density at radius 3 is 2.58 bits per heavy atom. The monoisotopic (exact) mass is 169 g/mol. The van der Waals surface area contributed by atoms with E-state index in [1.165, 1.54) is 4.68 Å². The summed E-state index contributed by atoms with van der Waals surface area (Å²) in [7, 11) is 1.69. The van der Waals surface area contributed by atoms with Crippen molar-refractivity contribution in [2.24, 2.45) is 7.05 Å². The summed E-state index contributed by atoms with van der Waals surface area (Å²) in [5, 5.41) is 4.14. The molecule has 0 aromatic carbocycles. The first kappa shape index (κ1) is 9.03. The average Bonchev–Trinajstić information content (AvgIpc) is 2.29. The third-order valence-corrected chi connectivity index (χ3v) is 1.87. The highest BCUT2D eigenvalue weighted by Crippen LogP contribution is 1.96. The molecular weight excluding hydrogens is 154 g/mol. The summed E-state index contributed by atoms with van der Waals surface area (Å²) in [5.74, 6) is 0.896. The molecule has 0 bridgehead atoms. The third-order valence-electron chi connectivity index (χ3n) is 1.87. The van der Waals surface area contributed by atoms with Crippen molar-refractivity contribution in [3.8, 4) is 0 Å². The van der Waals surface area contributed by atoms with Crippen LogP contribution in [0.15, 0.2) is 4.79 Å². The van der Waals surface area contributed by atoms with Gasteiger partial charge in [0, 0.05) is 20.0 Å². The minimum absolute atomic E-state index is 0.0130. The van der Waals surface area contributed by atoms with Crippen LogP contribution in [0, 0.1) is 0 Å². The lowest BCUT2D eigenvalue weighted by Gasteiger charge is -1.98. The van der Waals surface area contributed by atoms with E-state index in [9.17, 15) is 4.79 Å². The summed E-state index contributed by atoms with van der Waals surface area (Å²) in [5.41, 5.74) is -0.0130. The van der Waals surface area contributed by atoms with Crippen LogP contribution in [0.3, 0.4) is 0 Å². The molecule has 68 valence electrons. The van der Waals surface area contributed by atoms with E-state index in [1.807, 2.05) is 6.92 Å². The van der Waals surface area contributed by atoms with Crippen molar-refractivity contribution in [3.63, 3.8) is 0 Å². The summed E-state index contributed by atoms with van der Waals surface area (Å²) in [6.07, 6.45) is 1.90. The van der Waals surface area contributed by atoms with Crippen molar-refractivity contribution in [2.75, 3.05) is 0 Å². The van der Waals surface area contributed by atoms with Crippen LogP contribution in [0.2, 0.25) is 0 Å². The summed E-state index contributed by atoms with van der Waals surface area (Å²) >= 11 is 0. The molecular formula is C8H15N3O. The van der Waals surface area contributed by atoms with E-state index in [4.69, 9.17) is 0 Å². The van der Waals surface area contributed by atoms with E-state index in [-0.39, 0.29) is 5.69 Å². The number of aromatic nitrogens is 3. The van der Waals surface area contributed by atoms with Crippen LogP contribution in [0.1, 0.15) is 26.1 Å². The molecule has 0 atom stereocenters. The SMILES string of the molecule is CCCc1nn(C)c(=O)n1CC. The van der Waals surface area contributed by atoms with E-state index in [2.05, 4.69) is 12.0 Å². The van der Waals surface area contributed by atoms with Gasteiger partial charge in [-0.1, -0.05) is 6.92 Å². The lowest BCUT2D eigenvalue weighted by molar-refractivity contribution is 0.659. The van der Waals surface area contributed by atoms with E-state index >= 15 is 0 Å². The molecule has 1 aromatic heterocycles. The molecule has 1 rings (SSSR count). The molecule has 4 heteroatoms. The standard InChI is InChI=1S/C8H15N3O/c1-4-6-7-9-10(3)8(12)11(7)5-2/h4-6H2,1-3H3. The maximum Gasteiger partial charge on any atom is 0.345 e. The molecule has 0 aliphatic rings. The number of nitrogens with zero attached hydrogens (tertiary/aromatic N) is 3. The van der Waals surface area contributed by atoms with Crippen LogP contribution in [0.5, 0.6) is 0 Å². The molecule has 4 nitrogen and oxygen atoms in total. The first-order valence-electron chi connectivity index (χ1n) is 4.33. The van der Waals surface area contributed by atoms with Crippen LogP contribution >= 0.6 is 0 Å². The molecule has 0 saturated carbocycles. The van der Waals surface area contributed by atoms with Gasteiger partial charge in [-0.15, -0.1) is 0 Å². The molecule has 0 fully saturated rings. The minimum atomic E-state index is -0.0130. The fraction of sp³-hybridized carbons (Fsp3) is 0.750. The Morgan fingerprint density at radius 2 is 2.08 bits per heavy atom. The van der Waals surface area contributed by atoms with Gasteiger partial charge in [0.05, 0.1) is 0 Å². The molecule has 1 heterocycles. The molecule has 0 spiro atoms. The zero-order valence-electron chi connectivity index (χ0n) is 7.87. The number of aryl methyl sites for hydroxylation is 2. The average molecular weight is 169 g/mol. The summed E-state index contributed by atoms with van der Waals surface area (Å²) < 4.78 is 3.11. The van der Waals surface area contributed by atoms with Gasteiger partial charge in [0.25, 0.3) is 0 Å². The Labute approximate surface area is 71.8 Å². The van der Waals surface area contributed by atoms with Gasteiger partial charge in [0.2, 0.25) is 0 Å². The molecule has 0 radical (unpaired) electrons.